The van der Waals surface area contributed by atoms with Crippen molar-refractivity contribution in [3.63, 3.8) is 0 Å². The van der Waals surface area contributed by atoms with Gasteiger partial charge in [0.2, 0.25) is 11.3 Å². The van der Waals surface area contributed by atoms with Gasteiger partial charge in [-0.2, -0.15) is 0 Å². The molecule has 5 rings (SSSR count). The van der Waals surface area contributed by atoms with E-state index in [0.29, 0.717) is 53.1 Å². The van der Waals surface area contributed by atoms with E-state index in [9.17, 15) is 14.7 Å². The summed E-state index contributed by atoms with van der Waals surface area (Å²) in [5, 5.41) is 13.7. The van der Waals surface area contributed by atoms with Crippen LogP contribution in [0, 0.1) is 3.57 Å². The summed E-state index contributed by atoms with van der Waals surface area (Å²) in [6.07, 6.45) is 6.55. The van der Waals surface area contributed by atoms with Crippen molar-refractivity contribution in [3.8, 4) is 11.6 Å². The highest BCUT2D eigenvalue weighted by Crippen LogP contribution is 2.34. The molecule has 1 aliphatic heterocycles. The van der Waals surface area contributed by atoms with Crippen LogP contribution in [0.1, 0.15) is 23.2 Å². The second-order valence-corrected chi connectivity index (χ2v) is 10.8. The molecule has 3 aromatic heterocycles. The monoisotopic (exact) mass is 675 g/mol. The number of rotatable bonds is 10. The van der Waals surface area contributed by atoms with Crippen LogP contribution in [-0.2, 0) is 4.74 Å². The number of ether oxygens (including phenoxy) is 2. The minimum Gasteiger partial charge on any atom is -0.477 e. The van der Waals surface area contributed by atoms with Crippen LogP contribution in [0.5, 0.6) is 5.88 Å². The van der Waals surface area contributed by atoms with Crippen LogP contribution in [-0.4, -0.2) is 65.1 Å². The van der Waals surface area contributed by atoms with Crippen molar-refractivity contribution < 1.29 is 19.4 Å². The Bertz CT molecular complexity index is 1600. The zero-order valence-corrected chi connectivity index (χ0v) is 24.6. The number of halogens is 2. The normalized spacial score (nSPS) is 15.0. The molecular weight excluding hydrogens is 649 g/mol. The number of hydrogen-bond acceptors (Lipinski definition) is 8. The molecule has 0 amide bonds. The molecule has 4 heterocycles. The highest BCUT2D eigenvalue weighted by atomic mass is 127. The fourth-order valence-corrected chi connectivity index (χ4v) is 5.77. The molecule has 10 nitrogen and oxygen atoms in total. The smallest absolute Gasteiger partial charge is 0.341 e. The molecule has 1 atom stereocenters. The second kappa shape index (κ2) is 12.4. The number of aromatic carboxylic acids is 1. The number of pyridine rings is 3. The Hall–Kier alpha value is -3.42. The summed E-state index contributed by atoms with van der Waals surface area (Å²) in [5.74, 6) is -0.227. The number of fused-ring (bicyclic) bond motifs is 1. The SMILES string of the molecule is COCCNc1ccc(-n2cc(C(=O)O)c(=O)c3cc(I)c(N4CCC[C@@H]4COc4ncccc4Cl)cc32)cn1. The number of methoxy groups -OCH3 is 1. The average Bonchev–Trinajstić information content (AvgIpc) is 3.41. The number of nitrogens with one attached hydrogen (secondary N) is 1. The summed E-state index contributed by atoms with van der Waals surface area (Å²) in [7, 11) is 1.63. The highest BCUT2D eigenvalue weighted by Gasteiger charge is 2.28. The molecule has 0 saturated carbocycles. The van der Waals surface area contributed by atoms with E-state index in [0.717, 1.165) is 28.6 Å². The third kappa shape index (κ3) is 5.86. The maximum atomic E-state index is 13.2. The maximum Gasteiger partial charge on any atom is 0.341 e. The fraction of sp³-hybridized carbons (Fsp3) is 0.286. The van der Waals surface area contributed by atoms with Gasteiger partial charge in [-0.3, -0.25) is 4.79 Å². The molecule has 1 saturated heterocycles. The van der Waals surface area contributed by atoms with E-state index in [1.807, 2.05) is 12.1 Å². The quantitative estimate of drug-likeness (QED) is 0.180. The number of benzene rings is 1. The van der Waals surface area contributed by atoms with Crippen LogP contribution in [0.3, 0.4) is 0 Å². The van der Waals surface area contributed by atoms with Crippen molar-refractivity contribution in [3.05, 3.63) is 79.4 Å². The molecule has 1 fully saturated rings. The molecule has 0 radical (unpaired) electrons. The summed E-state index contributed by atoms with van der Waals surface area (Å²) >= 11 is 8.43. The van der Waals surface area contributed by atoms with E-state index in [1.54, 1.807) is 48.3 Å². The summed E-state index contributed by atoms with van der Waals surface area (Å²) in [4.78, 5) is 36.1. The first kappa shape index (κ1) is 28.1. The number of hydrogen-bond donors (Lipinski definition) is 2. The number of carboxylic acid groups (broad SMARTS) is 1. The van der Waals surface area contributed by atoms with E-state index in [1.165, 1.54) is 6.20 Å². The molecule has 12 heteroatoms. The van der Waals surface area contributed by atoms with Crippen molar-refractivity contribution in [1.82, 2.24) is 14.5 Å². The first-order chi connectivity index (χ1) is 19.4. The predicted octanol–water partition coefficient (Wildman–Crippen LogP) is 4.84. The molecule has 1 aliphatic rings. The summed E-state index contributed by atoms with van der Waals surface area (Å²) in [5.41, 5.74) is 1.32. The molecule has 208 valence electrons. The van der Waals surface area contributed by atoms with Gasteiger partial charge in [0.1, 0.15) is 23.0 Å². The molecular formula is C28H27ClIN5O5. The number of aromatic nitrogens is 3. The molecule has 0 aliphatic carbocycles. The zero-order valence-electron chi connectivity index (χ0n) is 21.6. The van der Waals surface area contributed by atoms with E-state index in [2.05, 4.69) is 42.8 Å². The minimum atomic E-state index is -1.28. The maximum absolute atomic E-state index is 13.2. The Morgan fingerprint density at radius 1 is 1.27 bits per heavy atom. The van der Waals surface area contributed by atoms with Crippen LogP contribution >= 0.6 is 34.2 Å². The van der Waals surface area contributed by atoms with Gasteiger partial charge in [-0.05, 0) is 71.8 Å². The van der Waals surface area contributed by atoms with Gasteiger partial charge in [0.05, 0.1) is 35.7 Å². The standard InChI is InChI=1S/C28H27ClIN5O5/c1-39-11-9-31-25-7-6-17(14-33-25)35-15-20(28(37)38)26(36)19-12-22(30)24(13-23(19)35)34-10-3-4-18(34)16-40-27-21(29)5-2-8-32-27/h2,5-8,12-15,18H,3-4,9-11,16H2,1H3,(H,31,33)(H,37,38)/t18-/m1/s1. The van der Waals surface area contributed by atoms with Crippen LogP contribution in [0.25, 0.3) is 16.6 Å². The summed E-state index contributed by atoms with van der Waals surface area (Å²) in [6.45, 7) is 2.35. The molecule has 0 spiro atoms. The van der Waals surface area contributed by atoms with E-state index >= 15 is 0 Å². The Balaban J connectivity index is 1.53. The number of carboxylic acids is 1. The van der Waals surface area contributed by atoms with Crippen molar-refractivity contribution in [2.45, 2.75) is 18.9 Å². The zero-order chi connectivity index (χ0) is 28.2. The largest absolute Gasteiger partial charge is 0.477 e. The lowest BCUT2D eigenvalue weighted by Gasteiger charge is -2.28. The molecule has 0 bridgehead atoms. The van der Waals surface area contributed by atoms with Gasteiger partial charge < -0.3 is 29.4 Å². The second-order valence-electron chi connectivity index (χ2n) is 9.28. The van der Waals surface area contributed by atoms with Crippen LogP contribution in [0.4, 0.5) is 11.5 Å². The van der Waals surface area contributed by atoms with Gasteiger partial charge in [0.25, 0.3) is 0 Å². The number of nitrogens with zero attached hydrogens (tertiary/aromatic N) is 4. The van der Waals surface area contributed by atoms with Crippen molar-refractivity contribution in [2.75, 3.05) is 43.6 Å². The van der Waals surface area contributed by atoms with E-state index < -0.39 is 11.4 Å². The molecule has 2 N–H and O–H groups in total. The minimum absolute atomic E-state index is 0.0710. The third-order valence-corrected chi connectivity index (χ3v) is 7.92. The van der Waals surface area contributed by atoms with E-state index in [-0.39, 0.29) is 11.6 Å². The first-order valence-corrected chi connectivity index (χ1v) is 14.1. The van der Waals surface area contributed by atoms with Gasteiger partial charge in [0.15, 0.2) is 0 Å². The Morgan fingerprint density at radius 3 is 2.85 bits per heavy atom. The molecule has 4 aromatic rings. The fourth-order valence-electron chi connectivity index (χ4n) is 4.81. The predicted molar refractivity (Wildman–Crippen MR) is 162 cm³/mol. The van der Waals surface area contributed by atoms with Crippen molar-refractivity contribution in [1.29, 1.82) is 0 Å². The van der Waals surface area contributed by atoms with Gasteiger partial charge in [-0.1, -0.05) is 11.6 Å². The van der Waals surface area contributed by atoms with Crippen molar-refractivity contribution >= 4 is 62.6 Å². The number of anilines is 2. The van der Waals surface area contributed by atoms with Gasteiger partial charge >= 0.3 is 5.97 Å². The van der Waals surface area contributed by atoms with Crippen LogP contribution < -0.4 is 20.4 Å². The summed E-state index contributed by atoms with van der Waals surface area (Å²) in [6, 6.07) is 10.9. The van der Waals surface area contributed by atoms with Gasteiger partial charge in [0, 0.05) is 41.5 Å². The Morgan fingerprint density at radius 2 is 2.12 bits per heavy atom. The third-order valence-electron chi connectivity index (χ3n) is 6.76. The topological polar surface area (TPSA) is 119 Å². The summed E-state index contributed by atoms with van der Waals surface area (Å²) < 4.78 is 13.6. The van der Waals surface area contributed by atoms with Gasteiger partial charge in [-0.25, -0.2) is 14.8 Å². The van der Waals surface area contributed by atoms with Crippen LogP contribution in [0.15, 0.2) is 59.8 Å². The lowest BCUT2D eigenvalue weighted by atomic mass is 10.1. The molecule has 40 heavy (non-hydrogen) atoms. The molecule has 1 aromatic carbocycles. The average molecular weight is 676 g/mol. The Labute approximate surface area is 249 Å². The highest BCUT2D eigenvalue weighted by molar-refractivity contribution is 14.1. The Kier molecular flexibility index (Phi) is 8.72. The number of carbonyl (C=O) groups is 1. The first-order valence-electron chi connectivity index (χ1n) is 12.7. The van der Waals surface area contributed by atoms with E-state index in [4.69, 9.17) is 21.1 Å². The molecule has 0 unspecified atom stereocenters. The van der Waals surface area contributed by atoms with Crippen molar-refractivity contribution in [2.24, 2.45) is 0 Å². The van der Waals surface area contributed by atoms with Crippen LogP contribution in [0.2, 0.25) is 5.02 Å². The lowest BCUT2D eigenvalue weighted by molar-refractivity contribution is 0.0695. The van der Waals surface area contributed by atoms with Gasteiger partial charge in [-0.15, -0.1) is 0 Å². The lowest BCUT2D eigenvalue weighted by Crippen LogP contribution is -2.35.